The highest BCUT2D eigenvalue weighted by Crippen LogP contribution is 2.30. The van der Waals surface area contributed by atoms with Crippen molar-refractivity contribution in [2.24, 2.45) is 5.92 Å². The minimum Gasteiger partial charge on any atom is -0.393 e. The zero-order valence-electron chi connectivity index (χ0n) is 8.34. The van der Waals surface area contributed by atoms with Gasteiger partial charge in [0.25, 0.3) is 0 Å². The Morgan fingerprint density at radius 1 is 0.923 bits per heavy atom. The molecule has 2 nitrogen and oxygen atoms in total. The molecule has 13 heavy (non-hydrogen) atoms. The van der Waals surface area contributed by atoms with Crippen molar-refractivity contribution in [3.05, 3.63) is 0 Å². The molecule has 1 aliphatic heterocycles. The van der Waals surface area contributed by atoms with Crippen molar-refractivity contribution in [3.8, 4) is 0 Å². The molecule has 76 valence electrons. The summed E-state index contributed by atoms with van der Waals surface area (Å²) < 4.78 is 0. The molecule has 1 heterocycles. The van der Waals surface area contributed by atoms with Gasteiger partial charge in [-0.3, -0.25) is 0 Å². The van der Waals surface area contributed by atoms with Gasteiger partial charge in [0, 0.05) is 12.0 Å². The zero-order chi connectivity index (χ0) is 9.10. The minimum absolute atomic E-state index is 0.0238. The molecule has 0 bridgehead atoms. The van der Waals surface area contributed by atoms with E-state index in [1.807, 2.05) is 0 Å². The average Bonchev–Trinajstić information content (AvgIpc) is 2.20. The standard InChI is InChI=1S/C11H21NO/c13-11-7-2-1-5-9(11)10-6-3-4-8-12-10/h9-13H,1-8H2/t9-,10+,11-/m1/s1. The highest BCUT2D eigenvalue weighted by molar-refractivity contribution is 4.86. The largest absolute Gasteiger partial charge is 0.393 e. The predicted octanol–water partition coefficient (Wildman–Crippen LogP) is 1.68. The zero-order valence-corrected chi connectivity index (χ0v) is 8.34. The Bertz CT molecular complexity index is 154. The first-order chi connectivity index (χ1) is 6.38. The normalized spacial score (nSPS) is 41.8. The highest BCUT2D eigenvalue weighted by atomic mass is 16.3. The van der Waals surface area contributed by atoms with Gasteiger partial charge in [0.1, 0.15) is 0 Å². The Morgan fingerprint density at radius 2 is 1.69 bits per heavy atom. The summed E-state index contributed by atoms with van der Waals surface area (Å²) in [7, 11) is 0. The molecule has 0 unspecified atom stereocenters. The molecule has 2 aliphatic rings. The molecule has 0 radical (unpaired) electrons. The number of rotatable bonds is 1. The number of aliphatic hydroxyl groups excluding tert-OH is 1. The maximum absolute atomic E-state index is 9.88. The first-order valence-corrected chi connectivity index (χ1v) is 5.79. The van der Waals surface area contributed by atoms with Crippen molar-refractivity contribution < 1.29 is 5.11 Å². The first kappa shape index (κ1) is 9.47. The molecule has 0 aromatic heterocycles. The van der Waals surface area contributed by atoms with E-state index in [0.29, 0.717) is 12.0 Å². The van der Waals surface area contributed by atoms with Gasteiger partial charge < -0.3 is 10.4 Å². The molecule has 2 fully saturated rings. The van der Waals surface area contributed by atoms with Crippen molar-refractivity contribution in [1.82, 2.24) is 5.32 Å². The van der Waals surface area contributed by atoms with E-state index in [1.165, 1.54) is 38.5 Å². The Kier molecular flexibility index (Phi) is 3.23. The van der Waals surface area contributed by atoms with Gasteiger partial charge in [-0.2, -0.15) is 0 Å². The molecule has 1 saturated carbocycles. The fraction of sp³-hybridized carbons (Fsp3) is 1.00. The van der Waals surface area contributed by atoms with Crippen LogP contribution < -0.4 is 5.32 Å². The second-order valence-corrected chi connectivity index (χ2v) is 4.57. The molecule has 2 N–H and O–H groups in total. The smallest absolute Gasteiger partial charge is 0.0583 e. The molecule has 0 aromatic rings. The fourth-order valence-corrected chi connectivity index (χ4v) is 2.85. The van der Waals surface area contributed by atoms with E-state index in [0.717, 1.165) is 13.0 Å². The van der Waals surface area contributed by atoms with Crippen LogP contribution in [0.2, 0.25) is 0 Å². The Balaban J connectivity index is 1.88. The van der Waals surface area contributed by atoms with Gasteiger partial charge in [0.2, 0.25) is 0 Å². The van der Waals surface area contributed by atoms with E-state index < -0.39 is 0 Å². The summed E-state index contributed by atoms with van der Waals surface area (Å²) in [6.45, 7) is 1.16. The van der Waals surface area contributed by atoms with Crippen LogP contribution in [0.3, 0.4) is 0 Å². The third-order valence-corrected chi connectivity index (χ3v) is 3.65. The molecule has 0 spiro atoms. The summed E-state index contributed by atoms with van der Waals surface area (Å²) in [4.78, 5) is 0. The number of aliphatic hydroxyl groups is 1. The topological polar surface area (TPSA) is 32.3 Å². The summed E-state index contributed by atoms with van der Waals surface area (Å²) in [5.74, 6) is 0.550. The molecular weight excluding hydrogens is 162 g/mol. The lowest BCUT2D eigenvalue weighted by Gasteiger charge is -2.37. The number of nitrogens with one attached hydrogen (secondary N) is 1. The van der Waals surface area contributed by atoms with Crippen molar-refractivity contribution >= 4 is 0 Å². The molecule has 2 rings (SSSR count). The van der Waals surface area contributed by atoms with Crippen LogP contribution in [0.25, 0.3) is 0 Å². The van der Waals surface area contributed by atoms with E-state index in [1.54, 1.807) is 0 Å². The van der Waals surface area contributed by atoms with Gasteiger partial charge in [-0.05, 0) is 32.2 Å². The van der Waals surface area contributed by atoms with Gasteiger partial charge in [0.05, 0.1) is 6.10 Å². The van der Waals surface area contributed by atoms with Crippen LogP contribution >= 0.6 is 0 Å². The lowest BCUT2D eigenvalue weighted by Crippen LogP contribution is -2.45. The van der Waals surface area contributed by atoms with Gasteiger partial charge in [-0.1, -0.05) is 19.3 Å². The number of piperidine rings is 1. The first-order valence-electron chi connectivity index (χ1n) is 5.79. The van der Waals surface area contributed by atoms with Gasteiger partial charge in [-0.15, -0.1) is 0 Å². The van der Waals surface area contributed by atoms with Crippen LogP contribution in [0.15, 0.2) is 0 Å². The van der Waals surface area contributed by atoms with E-state index >= 15 is 0 Å². The van der Waals surface area contributed by atoms with E-state index in [-0.39, 0.29) is 6.10 Å². The van der Waals surface area contributed by atoms with Crippen LogP contribution in [0.1, 0.15) is 44.9 Å². The van der Waals surface area contributed by atoms with Crippen LogP contribution in [0.4, 0.5) is 0 Å². The van der Waals surface area contributed by atoms with E-state index in [9.17, 15) is 5.11 Å². The quantitative estimate of drug-likeness (QED) is 0.648. The summed E-state index contributed by atoms with van der Waals surface area (Å²) in [6.07, 6.45) is 8.73. The van der Waals surface area contributed by atoms with Crippen molar-refractivity contribution in [3.63, 3.8) is 0 Å². The Hall–Kier alpha value is -0.0800. The van der Waals surface area contributed by atoms with E-state index in [4.69, 9.17) is 0 Å². The van der Waals surface area contributed by atoms with E-state index in [2.05, 4.69) is 5.32 Å². The molecule has 2 heteroatoms. The fourth-order valence-electron chi connectivity index (χ4n) is 2.85. The van der Waals surface area contributed by atoms with Gasteiger partial charge in [0.15, 0.2) is 0 Å². The number of hydrogen-bond acceptors (Lipinski definition) is 2. The van der Waals surface area contributed by atoms with Crippen molar-refractivity contribution in [2.75, 3.05) is 6.54 Å². The molecule has 1 saturated heterocycles. The van der Waals surface area contributed by atoms with Gasteiger partial charge >= 0.3 is 0 Å². The molecule has 0 aromatic carbocycles. The monoisotopic (exact) mass is 183 g/mol. The second-order valence-electron chi connectivity index (χ2n) is 4.57. The molecular formula is C11H21NO. The molecule has 1 aliphatic carbocycles. The Morgan fingerprint density at radius 3 is 2.38 bits per heavy atom. The van der Waals surface area contributed by atoms with Crippen molar-refractivity contribution in [2.45, 2.75) is 57.1 Å². The maximum atomic E-state index is 9.88. The molecule has 0 amide bonds. The SMILES string of the molecule is O[C@@H]1CCCC[C@@H]1[C@@H]1CCCCN1. The Labute approximate surface area is 80.7 Å². The van der Waals surface area contributed by atoms with Crippen LogP contribution in [0, 0.1) is 5.92 Å². The third kappa shape index (κ3) is 2.23. The average molecular weight is 183 g/mol. The summed E-state index contributed by atoms with van der Waals surface area (Å²) in [5, 5.41) is 13.4. The van der Waals surface area contributed by atoms with Crippen LogP contribution in [-0.2, 0) is 0 Å². The van der Waals surface area contributed by atoms with Gasteiger partial charge in [-0.25, -0.2) is 0 Å². The van der Waals surface area contributed by atoms with Crippen molar-refractivity contribution in [1.29, 1.82) is 0 Å². The second kappa shape index (κ2) is 4.43. The summed E-state index contributed by atoms with van der Waals surface area (Å²) >= 11 is 0. The summed E-state index contributed by atoms with van der Waals surface area (Å²) in [6, 6.07) is 0.615. The highest BCUT2D eigenvalue weighted by Gasteiger charge is 2.30. The van der Waals surface area contributed by atoms with Crippen LogP contribution in [0.5, 0.6) is 0 Å². The number of hydrogen-bond donors (Lipinski definition) is 2. The molecule has 3 atom stereocenters. The summed E-state index contributed by atoms with van der Waals surface area (Å²) in [5.41, 5.74) is 0. The third-order valence-electron chi connectivity index (χ3n) is 3.65. The lowest BCUT2D eigenvalue weighted by atomic mass is 9.79. The van der Waals surface area contributed by atoms with Crippen LogP contribution in [-0.4, -0.2) is 23.8 Å². The maximum Gasteiger partial charge on any atom is 0.0583 e. The minimum atomic E-state index is -0.0238. The lowest BCUT2D eigenvalue weighted by molar-refractivity contribution is 0.0422. The predicted molar refractivity (Wildman–Crippen MR) is 53.6 cm³/mol.